The van der Waals surface area contributed by atoms with Crippen molar-refractivity contribution < 1.29 is 10.2 Å². The van der Waals surface area contributed by atoms with E-state index in [9.17, 15) is 10.2 Å². The van der Waals surface area contributed by atoms with Crippen molar-refractivity contribution in [3.05, 3.63) is 29.8 Å². The molecule has 0 saturated carbocycles. The van der Waals surface area contributed by atoms with Crippen LogP contribution in [-0.4, -0.2) is 47.7 Å². The number of hydrogen-bond donors (Lipinski definition) is 2. The lowest BCUT2D eigenvalue weighted by Gasteiger charge is -2.27. The highest BCUT2D eigenvalue weighted by Crippen LogP contribution is 2.13. The zero-order valence-corrected chi connectivity index (χ0v) is 15.6. The summed E-state index contributed by atoms with van der Waals surface area (Å²) in [5.74, 6) is 0. The second-order valence-corrected chi connectivity index (χ2v) is 6.50. The molecule has 2 atom stereocenters. The highest BCUT2D eigenvalue weighted by atomic mass is 16.3. The Labute approximate surface area is 147 Å². The Kier molecular flexibility index (Phi) is 9.95. The number of aliphatic hydroxyl groups excluding tert-OH is 2. The maximum Gasteiger partial charge on any atom is 0.106 e. The summed E-state index contributed by atoms with van der Waals surface area (Å²) in [5, 5.41) is 21.1. The van der Waals surface area contributed by atoms with Crippen LogP contribution >= 0.6 is 0 Å². The molecule has 0 aliphatic rings. The highest BCUT2D eigenvalue weighted by molar-refractivity contribution is 5.46. The third-order valence-electron chi connectivity index (χ3n) is 4.22. The first kappa shape index (κ1) is 20.9. The summed E-state index contributed by atoms with van der Waals surface area (Å²) in [6.07, 6.45) is 4.33. The first-order valence-corrected chi connectivity index (χ1v) is 9.01. The number of benzene rings is 1. The van der Waals surface area contributed by atoms with Crippen molar-refractivity contribution in [2.45, 2.75) is 65.3 Å². The molecule has 137 valence electrons. The fraction of sp³-hybridized carbons (Fsp3) is 0.684. The molecule has 1 radical (unpaired) electrons. The fourth-order valence-electron chi connectivity index (χ4n) is 2.75. The van der Waals surface area contributed by atoms with Crippen LogP contribution < -0.4 is 10.4 Å². The zero-order valence-electron chi connectivity index (χ0n) is 15.6. The van der Waals surface area contributed by atoms with Crippen LogP contribution in [0.2, 0.25) is 0 Å². The van der Waals surface area contributed by atoms with Crippen LogP contribution in [0.3, 0.4) is 0 Å². The largest absolute Gasteiger partial charge is 0.379 e. The van der Waals surface area contributed by atoms with Crippen molar-refractivity contribution in [1.82, 2.24) is 10.3 Å². The molecule has 0 saturated heterocycles. The van der Waals surface area contributed by atoms with Crippen LogP contribution in [-0.2, 0) is 0 Å². The standard InChI is InChI=1S/C19H34N3O2/c1-16-11-10-12-19(15-16)21(4)20-13-8-6-5-7-9-14-22(17(2)23)18(3)24/h10-12,15,17-18,23-24H,5-9,13-14H2,1-4H3. The first-order chi connectivity index (χ1) is 11.4. The molecule has 2 N–H and O–H groups in total. The number of aryl methyl sites for hydroxylation is 1. The van der Waals surface area contributed by atoms with Gasteiger partial charge < -0.3 is 10.2 Å². The van der Waals surface area contributed by atoms with E-state index in [1.807, 2.05) is 12.1 Å². The Morgan fingerprint density at radius 1 is 1.00 bits per heavy atom. The topological polar surface area (TPSA) is 61.0 Å². The fourth-order valence-corrected chi connectivity index (χ4v) is 2.75. The smallest absolute Gasteiger partial charge is 0.106 e. The van der Waals surface area contributed by atoms with E-state index in [0.29, 0.717) is 0 Å². The molecular formula is C19H34N3O2. The maximum atomic E-state index is 9.57. The zero-order chi connectivity index (χ0) is 17.9. The average molecular weight is 336 g/mol. The third kappa shape index (κ3) is 8.11. The highest BCUT2D eigenvalue weighted by Gasteiger charge is 2.14. The van der Waals surface area contributed by atoms with Crippen molar-refractivity contribution in [2.24, 2.45) is 0 Å². The average Bonchev–Trinajstić information content (AvgIpc) is 2.52. The molecule has 0 bridgehead atoms. The van der Waals surface area contributed by atoms with Gasteiger partial charge in [-0.15, -0.1) is 5.43 Å². The van der Waals surface area contributed by atoms with E-state index in [1.54, 1.807) is 18.7 Å². The van der Waals surface area contributed by atoms with Crippen molar-refractivity contribution in [2.75, 3.05) is 25.1 Å². The van der Waals surface area contributed by atoms with Gasteiger partial charge in [-0.1, -0.05) is 31.4 Å². The number of aliphatic hydroxyl groups is 2. The van der Waals surface area contributed by atoms with Gasteiger partial charge in [-0.2, -0.15) is 0 Å². The molecule has 0 fully saturated rings. The normalized spacial score (nSPS) is 14.0. The summed E-state index contributed by atoms with van der Waals surface area (Å²) in [6.45, 7) is 7.05. The minimum Gasteiger partial charge on any atom is -0.379 e. The maximum absolute atomic E-state index is 9.57. The molecule has 0 aliphatic carbocycles. The molecule has 24 heavy (non-hydrogen) atoms. The number of unbranched alkanes of at least 4 members (excludes halogenated alkanes) is 4. The number of nitrogens with zero attached hydrogens (tertiary/aromatic N) is 3. The Morgan fingerprint density at radius 3 is 2.25 bits per heavy atom. The van der Waals surface area contributed by atoms with E-state index in [1.165, 1.54) is 5.56 Å². The van der Waals surface area contributed by atoms with Crippen molar-refractivity contribution in [3.8, 4) is 0 Å². The van der Waals surface area contributed by atoms with Gasteiger partial charge in [0.25, 0.3) is 0 Å². The van der Waals surface area contributed by atoms with E-state index in [-0.39, 0.29) is 0 Å². The van der Waals surface area contributed by atoms with Gasteiger partial charge in [0.05, 0.1) is 5.69 Å². The van der Waals surface area contributed by atoms with Crippen LogP contribution in [0.25, 0.3) is 0 Å². The number of rotatable bonds is 12. The molecule has 2 unspecified atom stereocenters. The molecule has 1 aromatic carbocycles. The summed E-state index contributed by atoms with van der Waals surface area (Å²) in [6, 6.07) is 8.36. The van der Waals surface area contributed by atoms with Crippen molar-refractivity contribution in [3.63, 3.8) is 0 Å². The lowest BCUT2D eigenvalue weighted by molar-refractivity contribution is -0.0844. The van der Waals surface area contributed by atoms with Gasteiger partial charge in [-0.25, -0.2) is 0 Å². The van der Waals surface area contributed by atoms with Crippen LogP contribution in [0.1, 0.15) is 51.5 Å². The van der Waals surface area contributed by atoms with E-state index in [0.717, 1.165) is 50.9 Å². The molecule has 1 rings (SSSR count). The summed E-state index contributed by atoms with van der Waals surface area (Å²) >= 11 is 0. The Hall–Kier alpha value is -1.14. The van der Waals surface area contributed by atoms with E-state index >= 15 is 0 Å². The lowest BCUT2D eigenvalue weighted by Crippen LogP contribution is -2.40. The minimum absolute atomic E-state index is 0.596. The Morgan fingerprint density at radius 2 is 1.62 bits per heavy atom. The number of hydrogen-bond acceptors (Lipinski definition) is 4. The van der Waals surface area contributed by atoms with Gasteiger partial charge in [-0.3, -0.25) is 9.91 Å². The van der Waals surface area contributed by atoms with Crippen LogP contribution in [0.5, 0.6) is 0 Å². The Bertz CT molecular complexity index is 444. The SMILES string of the molecule is Cc1cccc(N(C)[N]CCCCCCCN(C(C)O)C(C)O)c1. The molecule has 0 aliphatic heterocycles. The van der Waals surface area contributed by atoms with Crippen LogP contribution in [0, 0.1) is 6.92 Å². The second kappa shape index (κ2) is 11.4. The molecular weight excluding hydrogens is 302 g/mol. The lowest BCUT2D eigenvalue weighted by atomic mass is 10.1. The van der Waals surface area contributed by atoms with Gasteiger partial charge >= 0.3 is 0 Å². The molecule has 5 heteroatoms. The van der Waals surface area contributed by atoms with Gasteiger partial charge in [0.1, 0.15) is 12.5 Å². The van der Waals surface area contributed by atoms with Crippen LogP contribution in [0.4, 0.5) is 5.69 Å². The minimum atomic E-state index is -0.596. The van der Waals surface area contributed by atoms with E-state index < -0.39 is 12.5 Å². The summed E-state index contributed by atoms with van der Waals surface area (Å²) in [4.78, 5) is 1.70. The second-order valence-electron chi connectivity index (χ2n) is 6.50. The molecule has 1 aromatic rings. The van der Waals surface area contributed by atoms with Gasteiger partial charge in [0, 0.05) is 20.1 Å². The summed E-state index contributed by atoms with van der Waals surface area (Å²) in [5.41, 5.74) is 6.97. The quantitative estimate of drug-likeness (QED) is 0.350. The molecule has 5 nitrogen and oxygen atoms in total. The summed E-state index contributed by atoms with van der Waals surface area (Å²) in [7, 11) is 2.00. The van der Waals surface area contributed by atoms with Crippen molar-refractivity contribution in [1.29, 1.82) is 0 Å². The van der Waals surface area contributed by atoms with Crippen molar-refractivity contribution >= 4 is 5.69 Å². The first-order valence-electron chi connectivity index (χ1n) is 9.01. The number of anilines is 1. The Balaban J connectivity index is 2.06. The molecule has 0 aromatic heterocycles. The van der Waals surface area contributed by atoms with Gasteiger partial charge in [0.15, 0.2) is 0 Å². The van der Waals surface area contributed by atoms with Crippen LogP contribution in [0.15, 0.2) is 24.3 Å². The van der Waals surface area contributed by atoms with E-state index in [4.69, 9.17) is 0 Å². The molecule has 0 spiro atoms. The van der Waals surface area contributed by atoms with E-state index in [2.05, 4.69) is 36.6 Å². The predicted octanol–water partition coefficient (Wildman–Crippen LogP) is 2.88. The third-order valence-corrected chi connectivity index (χ3v) is 4.22. The monoisotopic (exact) mass is 336 g/mol. The van der Waals surface area contributed by atoms with Gasteiger partial charge in [-0.05, 0) is 51.3 Å². The molecule has 0 amide bonds. The van der Waals surface area contributed by atoms with Gasteiger partial charge in [0.2, 0.25) is 0 Å². The molecule has 0 heterocycles. The summed E-state index contributed by atoms with van der Waals surface area (Å²) < 4.78 is 0. The predicted molar refractivity (Wildman–Crippen MR) is 99.7 cm³/mol.